The van der Waals surface area contributed by atoms with Gasteiger partial charge in [-0.25, -0.2) is 0 Å². The fraction of sp³-hybridized carbons (Fsp3) is 0.500. The lowest BCUT2D eigenvalue weighted by Crippen LogP contribution is -2.23. The molecule has 0 spiro atoms. The fourth-order valence-corrected chi connectivity index (χ4v) is 0.965. The first-order valence-corrected chi connectivity index (χ1v) is 3.96. The third-order valence-electron chi connectivity index (χ3n) is 1.82. The summed E-state index contributed by atoms with van der Waals surface area (Å²) in [6.45, 7) is 3.25. The first kappa shape index (κ1) is 9.39. The van der Waals surface area contributed by atoms with Crippen LogP contribution in [0.15, 0.2) is 12.4 Å². The van der Waals surface area contributed by atoms with Crippen LogP contribution in [0.3, 0.4) is 0 Å². The Balaban J connectivity index is 2.75. The van der Waals surface area contributed by atoms with Gasteiger partial charge in [-0.15, -0.1) is 0 Å². The summed E-state index contributed by atoms with van der Waals surface area (Å²) in [6, 6.07) is 1.42. The van der Waals surface area contributed by atoms with Gasteiger partial charge < -0.3 is 0 Å². The smallest absolute Gasteiger partial charge is 0.175 e. The number of Topliss-reactive ketones (excluding diaryl/α,β-unsaturated/α-hetero) is 1. The largest absolute Gasteiger partial charge is 0.296 e. The van der Waals surface area contributed by atoms with Crippen molar-refractivity contribution in [2.75, 3.05) is 0 Å². The second kappa shape index (κ2) is 3.81. The number of nitrogens with zero attached hydrogens (tertiary/aromatic N) is 4. The third-order valence-corrected chi connectivity index (χ3v) is 1.82. The van der Waals surface area contributed by atoms with E-state index in [1.165, 1.54) is 17.2 Å². The van der Waals surface area contributed by atoms with E-state index in [2.05, 4.69) is 10.2 Å². The van der Waals surface area contributed by atoms with Gasteiger partial charge in [-0.1, -0.05) is 0 Å². The molecular weight excluding hydrogens is 168 g/mol. The van der Waals surface area contributed by atoms with Crippen molar-refractivity contribution in [3.8, 4) is 6.07 Å². The summed E-state index contributed by atoms with van der Waals surface area (Å²) in [6.07, 6.45) is 3.00. The van der Waals surface area contributed by atoms with Gasteiger partial charge in [-0.3, -0.25) is 4.79 Å². The van der Waals surface area contributed by atoms with Crippen molar-refractivity contribution < 1.29 is 4.79 Å². The average Bonchev–Trinajstić information content (AvgIpc) is 2.67. The highest BCUT2D eigenvalue weighted by Crippen LogP contribution is 2.09. The van der Waals surface area contributed by atoms with Crippen molar-refractivity contribution in [1.82, 2.24) is 15.0 Å². The van der Waals surface area contributed by atoms with Crippen LogP contribution in [0.4, 0.5) is 0 Å². The molecule has 0 bridgehead atoms. The van der Waals surface area contributed by atoms with Gasteiger partial charge in [-0.2, -0.15) is 20.3 Å². The van der Waals surface area contributed by atoms with Crippen LogP contribution < -0.4 is 0 Å². The van der Waals surface area contributed by atoms with E-state index in [-0.39, 0.29) is 5.78 Å². The summed E-state index contributed by atoms with van der Waals surface area (Å²) in [5.41, 5.74) is 0. The van der Waals surface area contributed by atoms with Crippen molar-refractivity contribution in [2.45, 2.75) is 19.9 Å². The van der Waals surface area contributed by atoms with Crippen LogP contribution in [-0.4, -0.2) is 20.8 Å². The van der Waals surface area contributed by atoms with Gasteiger partial charge in [0.2, 0.25) is 0 Å². The number of hydrogen-bond donors (Lipinski definition) is 0. The summed E-state index contributed by atoms with van der Waals surface area (Å²) in [5, 5.41) is 16.2. The number of nitriles is 1. The maximum Gasteiger partial charge on any atom is 0.175 e. The summed E-state index contributed by atoms with van der Waals surface area (Å²) < 4.78 is 0. The highest BCUT2D eigenvalue weighted by Gasteiger charge is 2.21. The lowest BCUT2D eigenvalue weighted by molar-refractivity contribution is -0.124. The molecule has 0 aliphatic rings. The third kappa shape index (κ3) is 1.90. The molecule has 2 atom stereocenters. The molecule has 0 amide bonds. The Morgan fingerprint density at radius 3 is 2.46 bits per heavy atom. The van der Waals surface area contributed by atoms with Crippen LogP contribution in [0.1, 0.15) is 19.9 Å². The fourth-order valence-electron chi connectivity index (χ4n) is 0.965. The van der Waals surface area contributed by atoms with E-state index in [1.54, 1.807) is 13.8 Å². The topological polar surface area (TPSA) is 71.6 Å². The molecule has 0 fully saturated rings. The summed E-state index contributed by atoms with van der Waals surface area (Å²) in [5.74, 6) is -0.778. The standard InChI is InChI=1S/C8H10N4O/c1-6(5-9)8(13)7(2)12-10-3-4-11-12/h3-4,6-7H,1-2H3. The Kier molecular flexibility index (Phi) is 2.75. The molecule has 5 heteroatoms. The SMILES string of the molecule is CC(C#N)C(=O)C(C)n1nccn1. The number of aromatic nitrogens is 3. The molecule has 1 rings (SSSR count). The van der Waals surface area contributed by atoms with Gasteiger partial charge >= 0.3 is 0 Å². The second-order valence-electron chi connectivity index (χ2n) is 2.78. The molecule has 1 aromatic rings. The lowest BCUT2D eigenvalue weighted by atomic mass is 10.0. The van der Waals surface area contributed by atoms with Gasteiger partial charge in [0.25, 0.3) is 0 Å². The minimum atomic E-state index is -0.610. The molecule has 68 valence electrons. The molecule has 13 heavy (non-hydrogen) atoms. The molecule has 0 aromatic carbocycles. The molecular formula is C8H10N4O. The maximum absolute atomic E-state index is 11.4. The monoisotopic (exact) mass is 178 g/mol. The number of ketones is 1. The van der Waals surface area contributed by atoms with Crippen molar-refractivity contribution in [3.05, 3.63) is 12.4 Å². The van der Waals surface area contributed by atoms with Gasteiger partial charge in [0.1, 0.15) is 12.0 Å². The van der Waals surface area contributed by atoms with Crippen LogP contribution in [0.5, 0.6) is 0 Å². The van der Waals surface area contributed by atoms with Crippen LogP contribution in [0.25, 0.3) is 0 Å². The highest BCUT2D eigenvalue weighted by atomic mass is 16.1. The molecule has 0 saturated carbocycles. The van der Waals surface area contributed by atoms with Crippen LogP contribution in [0.2, 0.25) is 0 Å². The Bertz CT molecular complexity index is 324. The number of carbonyl (C=O) groups is 1. The van der Waals surface area contributed by atoms with E-state index < -0.39 is 12.0 Å². The number of rotatable bonds is 3. The molecule has 1 aromatic heterocycles. The average molecular weight is 178 g/mol. The normalized spacial score (nSPS) is 14.5. The van der Waals surface area contributed by atoms with E-state index in [0.717, 1.165) is 0 Å². The van der Waals surface area contributed by atoms with Crippen molar-refractivity contribution in [1.29, 1.82) is 5.26 Å². The summed E-state index contributed by atoms with van der Waals surface area (Å²) in [7, 11) is 0. The van der Waals surface area contributed by atoms with E-state index >= 15 is 0 Å². The lowest BCUT2D eigenvalue weighted by Gasteiger charge is -2.09. The number of carbonyl (C=O) groups excluding carboxylic acids is 1. The van der Waals surface area contributed by atoms with Crippen molar-refractivity contribution in [3.63, 3.8) is 0 Å². The molecule has 0 aliphatic heterocycles. The van der Waals surface area contributed by atoms with Crippen molar-refractivity contribution >= 4 is 5.78 Å². The minimum absolute atomic E-state index is 0.168. The highest BCUT2D eigenvalue weighted by molar-refractivity contribution is 5.86. The van der Waals surface area contributed by atoms with Crippen LogP contribution in [-0.2, 0) is 4.79 Å². The Morgan fingerprint density at radius 2 is 2.00 bits per heavy atom. The van der Waals surface area contributed by atoms with Gasteiger partial charge in [0, 0.05) is 0 Å². The maximum atomic E-state index is 11.4. The first-order chi connectivity index (χ1) is 6.16. The zero-order chi connectivity index (χ0) is 9.84. The predicted molar refractivity (Wildman–Crippen MR) is 44.5 cm³/mol. The molecule has 0 aliphatic carbocycles. The van der Waals surface area contributed by atoms with Gasteiger partial charge in [-0.05, 0) is 13.8 Å². The van der Waals surface area contributed by atoms with E-state index in [4.69, 9.17) is 5.26 Å². The molecule has 2 unspecified atom stereocenters. The zero-order valence-corrected chi connectivity index (χ0v) is 7.51. The predicted octanol–water partition coefficient (Wildman–Crippen LogP) is 0.568. The van der Waals surface area contributed by atoms with E-state index in [1.807, 2.05) is 6.07 Å². The molecule has 0 N–H and O–H groups in total. The Hall–Kier alpha value is -1.70. The zero-order valence-electron chi connectivity index (χ0n) is 7.51. The molecule has 0 radical (unpaired) electrons. The molecule has 5 nitrogen and oxygen atoms in total. The molecule has 1 heterocycles. The summed E-state index contributed by atoms with van der Waals surface area (Å²) in [4.78, 5) is 12.8. The second-order valence-corrected chi connectivity index (χ2v) is 2.78. The molecule has 0 saturated heterocycles. The van der Waals surface area contributed by atoms with Gasteiger partial charge in [0.05, 0.1) is 18.5 Å². The number of hydrogen-bond acceptors (Lipinski definition) is 4. The van der Waals surface area contributed by atoms with Crippen molar-refractivity contribution in [2.24, 2.45) is 5.92 Å². The Morgan fingerprint density at radius 1 is 1.46 bits per heavy atom. The summed E-state index contributed by atoms with van der Waals surface area (Å²) >= 11 is 0. The minimum Gasteiger partial charge on any atom is -0.296 e. The van der Waals surface area contributed by atoms with Crippen LogP contribution in [0, 0.1) is 17.2 Å². The van der Waals surface area contributed by atoms with Gasteiger partial charge in [0.15, 0.2) is 5.78 Å². The quantitative estimate of drug-likeness (QED) is 0.678. The van der Waals surface area contributed by atoms with Crippen LogP contribution >= 0.6 is 0 Å². The van der Waals surface area contributed by atoms with E-state index in [0.29, 0.717) is 0 Å². The Labute approximate surface area is 76.0 Å². The van der Waals surface area contributed by atoms with E-state index in [9.17, 15) is 4.79 Å². The first-order valence-electron chi connectivity index (χ1n) is 3.96.